The molecule has 2 unspecified atom stereocenters. The Morgan fingerprint density at radius 2 is 1.82 bits per heavy atom. The Morgan fingerprint density at radius 1 is 1.23 bits per heavy atom. The van der Waals surface area contributed by atoms with Crippen LogP contribution in [0.25, 0.3) is 0 Å². The van der Waals surface area contributed by atoms with E-state index in [-0.39, 0.29) is 42.8 Å². The molecule has 128 valence electrons. The lowest BCUT2D eigenvalue weighted by molar-refractivity contribution is -0.122. The predicted octanol–water partition coefficient (Wildman–Crippen LogP) is 2.25. The van der Waals surface area contributed by atoms with Crippen LogP contribution in [0.3, 0.4) is 0 Å². The van der Waals surface area contributed by atoms with Gasteiger partial charge in [0.25, 0.3) is 0 Å². The Hall–Kier alpha value is -0.810. The van der Waals surface area contributed by atoms with Crippen LogP contribution in [0.4, 0.5) is 0 Å². The van der Waals surface area contributed by atoms with E-state index in [2.05, 4.69) is 22.3 Å². The zero-order valence-electron chi connectivity index (χ0n) is 13.6. The molecule has 0 fully saturated rings. The van der Waals surface area contributed by atoms with Crippen molar-refractivity contribution in [3.63, 3.8) is 0 Å². The van der Waals surface area contributed by atoms with Crippen LogP contribution in [0, 0.1) is 0 Å². The SMILES string of the molecule is CC(N)CCC(=O)NC(Cc1ccccc1)CN(C)C.Cl.Cl. The minimum atomic E-state index is 0. The fraction of sp³-hybridized carbons (Fsp3) is 0.562. The van der Waals surface area contributed by atoms with Crippen molar-refractivity contribution in [3.8, 4) is 0 Å². The summed E-state index contributed by atoms with van der Waals surface area (Å²) in [7, 11) is 4.04. The van der Waals surface area contributed by atoms with E-state index in [1.807, 2.05) is 39.2 Å². The van der Waals surface area contributed by atoms with E-state index in [1.165, 1.54) is 5.56 Å². The Labute approximate surface area is 146 Å². The number of amides is 1. The van der Waals surface area contributed by atoms with Gasteiger partial charge in [0.05, 0.1) is 0 Å². The van der Waals surface area contributed by atoms with Gasteiger partial charge in [-0.1, -0.05) is 30.3 Å². The van der Waals surface area contributed by atoms with Gasteiger partial charge < -0.3 is 16.0 Å². The molecule has 2 atom stereocenters. The average molecular weight is 350 g/mol. The summed E-state index contributed by atoms with van der Waals surface area (Å²) in [6.45, 7) is 2.76. The first-order valence-electron chi connectivity index (χ1n) is 7.21. The Kier molecular flexibility index (Phi) is 13.5. The standard InChI is InChI=1S/C16H27N3O.2ClH/c1-13(17)9-10-16(20)18-15(12-19(2)3)11-14-7-5-4-6-8-14;;/h4-8,13,15H,9-12,17H2,1-3H3,(H,18,20);2*1H. The summed E-state index contributed by atoms with van der Waals surface area (Å²) in [5.41, 5.74) is 6.93. The summed E-state index contributed by atoms with van der Waals surface area (Å²) in [5, 5.41) is 3.12. The number of nitrogens with two attached hydrogens (primary N) is 1. The third-order valence-electron chi connectivity index (χ3n) is 3.10. The zero-order valence-corrected chi connectivity index (χ0v) is 15.3. The smallest absolute Gasteiger partial charge is 0.220 e. The monoisotopic (exact) mass is 349 g/mol. The van der Waals surface area contributed by atoms with Crippen LogP contribution in [-0.2, 0) is 11.2 Å². The second-order valence-corrected chi connectivity index (χ2v) is 5.73. The maximum absolute atomic E-state index is 11.9. The lowest BCUT2D eigenvalue weighted by atomic mass is 10.1. The highest BCUT2D eigenvalue weighted by molar-refractivity contribution is 5.85. The maximum Gasteiger partial charge on any atom is 0.220 e. The molecule has 0 aromatic heterocycles. The summed E-state index contributed by atoms with van der Waals surface area (Å²) in [4.78, 5) is 14.0. The first kappa shape index (κ1) is 23.5. The van der Waals surface area contributed by atoms with Crippen LogP contribution in [0.2, 0.25) is 0 Å². The molecule has 1 aromatic rings. The van der Waals surface area contributed by atoms with Crippen LogP contribution in [-0.4, -0.2) is 43.5 Å². The van der Waals surface area contributed by atoms with Crippen molar-refractivity contribution in [2.45, 2.75) is 38.3 Å². The zero-order chi connectivity index (χ0) is 15.0. The number of likely N-dealkylation sites (N-methyl/N-ethyl adjacent to an activating group) is 1. The number of nitrogens with one attached hydrogen (secondary N) is 1. The van der Waals surface area contributed by atoms with Gasteiger partial charge >= 0.3 is 0 Å². The van der Waals surface area contributed by atoms with Crippen molar-refractivity contribution in [2.24, 2.45) is 5.73 Å². The average Bonchev–Trinajstić information content (AvgIpc) is 2.36. The Balaban J connectivity index is 0. The highest BCUT2D eigenvalue weighted by Gasteiger charge is 2.14. The van der Waals surface area contributed by atoms with Gasteiger partial charge in [0.2, 0.25) is 5.91 Å². The number of hydrogen-bond acceptors (Lipinski definition) is 3. The van der Waals surface area contributed by atoms with Crippen LogP contribution < -0.4 is 11.1 Å². The van der Waals surface area contributed by atoms with Gasteiger partial charge in [0, 0.05) is 25.0 Å². The fourth-order valence-electron chi connectivity index (χ4n) is 2.16. The highest BCUT2D eigenvalue weighted by atomic mass is 35.5. The van der Waals surface area contributed by atoms with Gasteiger partial charge in [-0.15, -0.1) is 24.8 Å². The van der Waals surface area contributed by atoms with E-state index >= 15 is 0 Å². The minimum Gasteiger partial charge on any atom is -0.352 e. The molecule has 4 nitrogen and oxygen atoms in total. The van der Waals surface area contributed by atoms with Crippen LogP contribution in [0.1, 0.15) is 25.3 Å². The normalized spacial score (nSPS) is 12.8. The van der Waals surface area contributed by atoms with Crippen LogP contribution in [0.5, 0.6) is 0 Å². The molecular weight excluding hydrogens is 321 g/mol. The molecule has 0 heterocycles. The number of benzene rings is 1. The third-order valence-corrected chi connectivity index (χ3v) is 3.10. The maximum atomic E-state index is 11.9. The molecule has 3 N–H and O–H groups in total. The third kappa shape index (κ3) is 10.9. The molecule has 0 bridgehead atoms. The molecule has 22 heavy (non-hydrogen) atoms. The summed E-state index contributed by atoms with van der Waals surface area (Å²) in [6, 6.07) is 10.5. The lowest BCUT2D eigenvalue weighted by Crippen LogP contribution is -2.43. The Morgan fingerprint density at radius 3 is 2.32 bits per heavy atom. The van der Waals surface area contributed by atoms with E-state index in [0.717, 1.165) is 19.4 Å². The minimum absolute atomic E-state index is 0. The van der Waals surface area contributed by atoms with E-state index in [9.17, 15) is 4.79 Å². The van der Waals surface area contributed by atoms with Crippen molar-refractivity contribution < 1.29 is 4.79 Å². The van der Waals surface area contributed by atoms with Gasteiger partial charge in [-0.2, -0.15) is 0 Å². The molecule has 0 saturated heterocycles. The molecule has 0 radical (unpaired) electrons. The first-order valence-corrected chi connectivity index (χ1v) is 7.21. The molecule has 0 spiro atoms. The second-order valence-electron chi connectivity index (χ2n) is 5.73. The topological polar surface area (TPSA) is 58.4 Å². The molecule has 6 heteroatoms. The van der Waals surface area contributed by atoms with Crippen LogP contribution >= 0.6 is 24.8 Å². The largest absolute Gasteiger partial charge is 0.352 e. The van der Waals surface area contributed by atoms with E-state index < -0.39 is 0 Å². The number of nitrogens with zero attached hydrogens (tertiary/aromatic N) is 1. The van der Waals surface area contributed by atoms with Crippen molar-refractivity contribution in [1.29, 1.82) is 0 Å². The quantitative estimate of drug-likeness (QED) is 0.756. The van der Waals surface area contributed by atoms with Gasteiger partial charge in [-0.3, -0.25) is 4.79 Å². The fourth-order valence-corrected chi connectivity index (χ4v) is 2.16. The first-order chi connectivity index (χ1) is 9.47. The molecular formula is C16H29Cl2N3O. The Bertz CT molecular complexity index is 400. The van der Waals surface area contributed by atoms with Crippen molar-refractivity contribution >= 4 is 30.7 Å². The second kappa shape index (κ2) is 12.7. The van der Waals surface area contributed by atoms with Gasteiger partial charge in [0.15, 0.2) is 0 Å². The molecule has 1 aromatic carbocycles. The van der Waals surface area contributed by atoms with Gasteiger partial charge in [-0.25, -0.2) is 0 Å². The molecule has 1 rings (SSSR count). The highest BCUT2D eigenvalue weighted by Crippen LogP contribution is 2.05. The summed E-state index contributed by atoms with van der Waals surface area (Å²) in [6.07, 6.45) is 2.07. The molecule has 1 amide bonds. The summed E-state index contributed by atoms with van der Waals surface area (Å²) < 4.78 is 0. The summed E-state index contributed by atoms with van der Waals surface area (Å²) >= 11 is 0. The van der Waals surface area contributed by atoms with Crippen molar-refractivity contribution in [3.05, 3.63) is 35.9 Å². The van der Waals surface area contributed by atoms with E-state index in [0.29, 0.717) is 6.42 Å². The van der Waals surface area contributed by atoms with Crippen molar-refractivity contribution in [2.75, 3.05) is 20.6 Å². The number of carbonyl (C=O) groups is 1. The molecule has 0 aliphatic rings. The predicted molar refractivity (Wildman–Crippen MR) is 98.0 cm³/mol. The van der Waals surface area contributed by atoms with Crippen LogP contribution in [0.15, 0.2) is 30.3 Å². The number of carbonyl (C=O) groups excluding carboxylic acids is 1. The van der Waals surface area contributed by atoms with E-state index in [4.69, 9.17) is 5.73 Å². The van der Waals surface area contributed by atoms with Crippen molar-refractivity contribution in [1.82, 2.24) is 10.2 Å². The number of halogens is 2. The van der Waals surface area contributed by atoms with Gasteiger partial charge in [0.1, 0.15) is 0 Å². The summed E-state index contributed by atoms with van der Waals surface area (Å²) in [5.74, 6) is 0.0880. The number of rotatable bonds is 8. The molecule has 0 aliphatic heterocycles. The van der Waals surface area contributed by atoms with E-state index in [1.54, 1.807) is 0 Å². The number of hydrogen-bond donors (Lipinski definition) is 2. The van der Waals surface area contributed by atoms with Gasteiger partial charge in [-0.05, 0) is 39.4 Å². The molecule has 0 saturated carbocycles. The lowest BCUT2D eigenvalue weighted by Gasteiger charge is -2.23. The molecule has 0 aliphatic carbocycles.